The number of likely N-dealkylation sites (N-methyl/N-ethyl adjacent to an activating group) is 1. The summed E-state index contributed by atoms with van der Waals surface area (Å²) in [6.07, 6.45) is 0. The number of hydrogen-bond donors (Lipinski definition) is 0. The Kier molecular flexibility index (Phi) is 5.37. The summed E-state index contributed by atoms with van der Waals surface area (Å²) < 4.78 is 0. The highest BCUT2D eigenvalue weighted by Crippen LogP contribution is 2.37. The van der Waals surface area contributed by atoms with Gasteiger partial charge in [-0.05, 0) is 42.8 Å². The molecule has 0 spiro atoms. The largest absolute Gasteiger partial charge is 0.339 e. The Morgan fingerprint density at radius 3 is 2.10 bits per heavy atom. The molecule has 2 amide bonds. The molecule has 0 unspecified atom stereocenters. The second kappa shape index (κ2) is 7.98. The molecule has 0 aliphatic carbocycles. The number of hydrogen-bond acceptors (Lipinski definition) is 3. The number of imide groups is 1. The van der Waals surface area contributed by atoms with Crippen LogP contribution in [0.15, 0.2) is 78.5 Å². The molecule has 0 fully saturated rings. The van der Waals surface area contributed by atoms with Crippen molar-refractivity contribution in [2.75, 3.05) is 16.8 Å². The van der Waals surface area contributed by atoms with Gasteiger partial charge < -0.3 is 4.90 Å². The van der Waals surface area contributed by atoms with E-state index in [2.05, 4.69) is 0 Å². The molecule has 1 heterocycles. The summed E-state index contributed by atoms with van der Waals surface area (Å²) in [6.45, 7) is 1.97. The highest BCUT2D eigenvalue weighted by molar-refractivity contribution is 6.47. The normalized spacial score (nSPS) is 13.9. The number of aryl methyl sites for hydroxylation is 1. The maximum atomic E-state index is 13.5. The van der Waals surface area contributed by atoms with Gasteiger partial charge in [0, 0.05) is 12.7 Å². The van der Waals surface area contributed by atoms with Crippen LogP contribution in [-0.2, 0) is 9.59 Å². The van der Waals surface area contributed by atoms with E-state index >= 15 is 0 Å². The number of rotatable bonds is 4. The van der Waals surface area contributed by atoms with Crippen LogP contribution in [0, 0.1) is 6.92 Å². The van der Waals surface area contributed by atoms with Gasteiger partial charge in [-0.25, -0.2) is 4.90 Å². The van der Waals surface area contributed by atoms with Crippen molar-refractivity contribution in [1.82, 2.24) is 0 Å². The zero-order valence-electron chi connectivity index (χ0n) is 16.4. The molecule has 0 aromatic heterocycles. The van der Waals surface area contributed by atoms with Gasteiger partial charge >= 0.3 is 0 Å². The summed E-state index contributed by atoms with van der Waals surface area (Å²) in [6, 6.07) is 21.7. The first kappa shape index (κ1) is 20.2. The van der Waals surface area contributed by atoms with Crippen molar-refractivity contribution in [2.45, 2.75) is 6.92 Å². The lowest BCUT2D eigenvalue weighted by Gasteiger charge is -2.21. The van der Waals surface area contributed by atoms with Crippen molar-refractivity contribution in [2.24, 2.45) is 0 Å². The number of para-hydroxylation sites is 1. The highest BCUT2D eigenvalue weighted by atomic mass is 35.5. The van der Waals surface area contributed by atoms with E-state index in [1.54, 1.807) is 24.1 Å². The predicted octanol–water partition coefficient (Wildman–Crippen LogP) is 5.72. The maximum absolute atomic E-state index is 13.5. The van der Waals surface area contributed by atoms with Crippen LogP contribution in [0.25, 0.3) is 5.57 Å². The van der Waals surface area contributed by atoms with Crippen LogP contribution in [0.2, 0.25) is 10.0 Å². The lowest BCUT2D eigenvalue weighted by atomic mass is 10.0. The molecule has 0 N–H and O–H groups in total. The molecule has 4 rings (SSSR count). The molecule has 6 heteroatoms. The van der Waals surface area contributed by atoms with E-state index < -0.39 is 11.8 Å². The third-order valence-corrected chi connectivity index (χ3v) is 5.78. The molecular formula is C24H18Cl2N2O2. The summed E-state index contributed by atoms with van der Waals surface area (Å²) in [5.74, 6) is -0.819. The van der Waals surface area contributed by atoms with Crippen LogP contribution in [0.5, 0.6) is 0 Å². The molecule has 3 aromatic rings. The van der Waals surface area contributed by atoms with Crippen molar-refractivity contribution in [3.8, 4) is 0 Å². The lowest BCUT2D eigenvalue weighted by molar-refractivity contribution is -0.120. The van der Waals surface area contributed by atoms with Gasteiger partial charge in [0.25, 0.3) is 11.8 Å². The number of nitrogens with zero attached hydrogens (tertiary/aromatic N) is 2. The fourth-order valence-corrected chi connectivity index (χ4v) is 3.74. The van der Waals surface area contributed by atoms with Crippen LogP contribution >= 0.6 is 23.2 Å². The van der Waals surface area contributed by atoms with E-state index in [4.69, 9.17) is 23.2 Å². The Morgan fingerprint density at radius 1 is 0.800 bits per heavy atom. The van der Waals surface area contributed by atoms with E-state index in [0.717, 1.165) is 16.2 Å². The molecular weight excluding hydrogens is 419 g/mol. The van der Waals surface area contributed by atoms with Crippen LogP contribution in [0.3, 0.4) is 0 Å². The monoisotopic (exact) mass is 436 g/mol. The van der Waals surface area contributed by atoms with E-state index in [1.165, 1.54) is 6.07 Å². The standard InChI is InChI=1S/C24H18Cl2N2O2/c1-15-8-10-16(11-9-15)21-22(27(2)17-6-4-3-5-7-17)24(30)28(23(21)29)18-12-13-19(25)20(26)14-18/h3-14H,1-2H3. The number of carbonyl (C=O) groups excluding carboxylic acids is 2. The SMILES string of the molecule is Cc1ccc(C2=C(N(C)c3ccccc3)C(=O)N(c3ccc(Cl)c(Cl)c3)C2=O)cc1. The molecule has 0 bridgehead atoms. The Labute approximate surface area is 184 Å². The van der Waals surface area contributed by atoms with E-state index in [0.29, 0.717) is 27.5 Å². The second-order valence-electron chi connectivity index (χ2n) is 7.03. The first-order valence-corrected chi connectivity index (χ1v) is 10.1. The van der Waals surface area contributed by atoms with E-state index in [-0.39, 0.29) is 5.02 Å². The van der Waals surface area contributed by atoms with Gasteiger partial charge in [-0.15, -0.1) is 0 Å². The smallest absolute Gasteiger partial charge is 0.282 e. The van der Waals surface area contributed by atoms with E-state index in [1.807, 2.05) is 61.5 Å². The average molecular weight is 437 g/mol. The highest BCUT2D eigenvalue weighted by Gasteiger charge is 2.42. The van der Waals surface area contributed by atoms with Crippen molar-refractivity contribution in [3.05, 3.63) is 99.7 Å². The molecule has 4 nitrogen and oxygen atoms in total. The van der Waals surface area contributed by atoms with Gasteiger partial charge in [-0.3, -0.25) is 9.59 Å². The molecule has 0 saturated carbocycles. The number of anilines is 2. The van der Waals surface area contributed by atoms with Gasteiger partial charge in [0.05, 0.1) is 21.3 Å². The fraction of sp³-hybridized carbons (Fsp3) is 0.0833. The van der Waals surface area contributed by atoms with Crippen molar-refractivity contribution in [1.29, 1.82) is 0 Å². The Hall–Kier alpha value is -3.08. The topological polar surface area (TPSA) is 40.6 Å². The van der Waals surface area contributed by atoms with Gasteiger partial charge in [-0.1, -0.05) is 71.2 Å². The summed E-state index contributed by atoms with van der Waals surface area (Å²) in [5.41, 5.74) is 3.57. The van der Waals surface area contributed by atoms with Crippen molar-refractivity contribution < 1.29 is 9.59 Å². The Bertz CT molecular complexity index is 1170. The molecule has 0 atom stereocenters. The first-order chi connectivity index (χ1) is 14.4. The number of halogens is 2. The van der Waals surface area contributed by atoms with Crippen molar-refractivity contribution in [3.63, 3.8) is 0 Å². The van der Waals surface area contributed by atoms with Gasteiger partial charge in [0.2, 0.25) is 0 Å². The van der Waals surface area contributed by atoms with Gasteiger partial charge in [0.1, 0.15) is 5.70 Å². The summed E-state index contributed by atoms with van der Waals surface area (Å²) in [5, 5.41) is 0.629. The molecule has 30 heavy (non-hydrogen) atoms. The lowest BCUT2D eigenvalue weighted by Crippen LogP contribution is -2.34. The third kappa shape index (κ3) is 3.49. The van der Waals surface area contributed by atoms with E-state index in [9.17, 15) is 9.59 Å². The third-order valence-electron chi connectivity index (χ3n) is 5.04. The van der Waals surface area contributed by atoms with Crippen LogP contribution in [-0.4, -0.2) is 18.9 Å². The minimum atomic E-state index is -0.416. The Morgan fingerprint density at radius 2 is 1.47 bits per heavy atom. The molecule has 1 aliphatic heterocycles. The van der Waals surface area contributed by atoms with Crippen LogP contribution in [0.4, 0.5) is 11.4 Å². The maximum Gasteiger partial charge on any atom is 0.282 e. The fourth-order valence-electron chi connectivity index (χ4n) is 3.45. The van der Waals surface area contributed by atoms with Crippen LogP contribution < -0.4 is 9.80 Å². The van der Waals surface area contributed by atoms with Gasteiger partial charge in [0.15, 0.2) is 0 Å². The number of amides is 2. The predicted molar refractivity (Wildman–Crippen MR) is 122 cm³/mol. The molecule has 0 radical (unpaired) electrons. The average Bonchev–Trinajstić information content (AvgIpc) is 3.01. The zero-order valence-corrected chi connectivity index (χ0v) is 17.9. The summed E-state index contributed by atoms with van der Waals surface area (Å²) in [4.78, 5) is 29.9. The number of benzene rings is 3. The molecule has 150 valence electrons. The summed E-state index contributed by atoms with van der Waals surface area (Å²) in [7, 11) is 1.78. The summed E-state index contributed by atoms with van der Waals surface area (Å²) >= 11 is 12.2. The molecule has 1 aliphatic rings. The van der Waals surface area contributed by atoms with Gasteiger partial charge in [-0.2, -0.15) is 0 Å². The minimum absolute atomic E-state index is 0.275. The minimum Gasteiger partial charge on any atom is -0.339 e. The number of carbonyl (C=O) groups is 2. The van der Waals surface area contributed by atoms with Crippen LogP contribution in [0.1, 0.15) is 11.1 Å². The first-order valence-electron chi connectivity index (χ1n) is 9.32. The van der Waals surface area contributed by atoms with Crippen molar-refractivity contribution >= 4 is 52.0 Å². The zero-order chi connectivity index (χ0) is 21.4. The second-order valence-corrected chi connectivity index (χ2v) is 7.84. The molecule has 3 aromatic carbocycles. The Balaban J connectivity index is 1.88. The quantitative estimate of drug-likeness (QED) is 0.490. The molecule has 0 saturated heterocycles.